The van der Waals surface area contributed by atoms with E-state index in [1.807, 2.05) is 24.3 Å². The SMILES string of the molecule is C=C(OO)N(C(=C)OO)C(COP(C)(=O)O)CN(CCN(CC(=O)O)CC(=O)O)CC(=O)O.CCCCC(C)(c1ccc(OC)cc1)c1ccc(OC)cc1.CCCCCCCCC.CCCCCCCCCCCc1ccccc1.CCCCCCc1ccccc1.CCCc1ccc(-c2ccccc2)cc1. The molecule has 0 saturated heterocycles. The molecule has 6 rings (SSSR count). The molecule has 18 nitrogen and oxygen atoms in total. The molecule has 0 aromatic heterocycles. The molecule has 2 atom stereocenters. The summed E-state index contributed by atoms with van der Waals surface area (Å²) >= 11 is 0. The fraction of sp³-hybridized carbons (Fsp3) is 0.517. The summed E-state index contributed by atoms with van der Waals surface area (Å²) in [5.41, 5.74) is 9.66. The van der Waals surface area contributed by atoms with Crippen LogP contribution in [0.25, 0.3) is 11.1 Å². The number of aliphatic carboxylic acids is 3. The number of methoxy groups -OCH3 is 2. The van der Waals surface area contributed by atoms with Crippen molar-refractivity contribution in [1.29, 1.82) is 0 Å². The second kappa shape index (κ2) is 62.0. The van der Waals surface area contributed by atoms with Crippen LogP contribution < -0.4 is 9.47 Å². The van der Waals surface area contributed by atoms with Gasteiger partial charge in [0.2, 0.25) is 11.8 Å². The van der Waals surface area contributed by atoms with Gasteiger partial charge < -0.3 is 44.0 Å². The molecule has 0 fully saturated rings. The van der Waals surface area contributed by atoms with E-state index in [2.05, 4.69) is 211 Å². The highest BCUT2D eigenvalue weighted by Crippen LogP contribution is 2.39. The van der Waals surface area contributed by atoms with Gasteiger partial charge in [0.1, 0.15) is 11.5 Å². The van der Waals surface area contributed by atoms with Crippen molar-refractivity contribution in [2.24, 2.45) is 0 Å². The van der Waals surface area contributed by atoms with E-state index in [1.165, 1.54) is 211 Å². The first-order chi connectivity index (χ1) is 52.0. The predicted octanol–water partition coefficient (Wildman–Crippen LogP) is 22.1. The number of aryl methyl sites for hydroxylation is 3. The maximum Gasteiger partial charge on any atom is 0.325 e. The van der Waals surface area contributed by atoms with Gasteiger partial charge in [-0.05, 0) is 115 Å². The van der Waals surface area contributed by atoms with Gasteiger partial charge in [-0.1, -0.05) is 323 Å². The molecule has 0 saturated carbocycles. The molecule has 0 radical (unpaired) electrons. The van der Waals surface area contributed by atoms with Crippen LogP contribution in [-0.4, -0.2) is 136 Å². The van der Waals surface area contributed by atoms with E-state index in [-0.39, 0.29) is 25.0 Å². The van der Waals surface area contributed by atoms with Crippen LogP contribution >= 0.6 is 7.60 Å². The fourth-order valence-electron chi connectivity index (χ4n) is 12.1. The summed E-state index contributed by atoms with van der Waals surface area (Å²) in [5, 5.41) is 45.0. The van der Waals surface area contributed by atoms with E-state index < -0.39 is 69.6 Å². The number of carbonyl (C=O) groups is 3. The van der Waals surface area contributed by atoms with Gasteiger partial charge in [0.15, 0.2) is 0 Å². The van der Waals surface area contributed by atoms with Crippen LogP contribution in [0.5, 0.6) is 11.5 Å². The Bertz CT molecular complexity index is 3180. The molecule has 0 amide bonds. The lowest BCUT2D eigenvalue weighted by Gasteiger charge is -2.35. The average Bonchev–Trinajstić information content (AvgIpc) is 0.790. The third-order valence-electron chi connectivity index (χ3n) is 18.3. The molecule has 6 N–H and O–H groups in total. The maximum atomic E-state index is 11.6. The zero-order chi connectivity index (χ0) is 80.1. The molecule has 0 bridgehead atoms. The number of carboxylic acid groups (broad SMARTS) is 3. The molecule has 108 heavy (non-hydrogen) atoms. The van der Waals surface area contributed by atoms with Crippen molar-refractivity contribution in [3.8, 4) is 22.6 Å². The Labute approximate surface area is 649 Å². The minimum Gasteiger partial charge on any atom is -0.497 e. The molecule has 0 aliphatic carbocycles. The number of carboxylic acids is 3. The normalized spacial score (nSPS) is 11.5. The van der Waals surface area contributed by atoms with Crippen LogP contribution in [0.3, 0.4) is 0 Å². The van der Waals surface area contributed by atoms with Crippen molar-refractivity contribution in [3.05, 3.63) is 217 Å². The second-order valence-electron chi connectivity index (χ2n) is 27.6. The lowest BCUT2D eigenvalue weighted by molar-refractivity contribution is -0.257. The fourth-order valence-corrected chi connectivity index (χ4v) is 12.5. The minimum absolute atomic E-state index is 0.00848. The van der Waals surface area contributed by atoms with Crippen LogP contribution in [0.2, 0.25) is 0 Å². The average molecular weight is 1520 g/mol. The Morgan fingerprint density at radius 3 is 1.12 bits per heavy atom. The minimum atomic E-state index is -4.04. The highest BCUT2D eigenvalue weighted by Gasteiger charge is 2.32. The Morgan fingerprint density at radius 2 is 0.769 bits per heavy atom. The van der Waals surface area contributed by atoms with Crippen molar-refractivity contribution in [1.82, 2.24) is 14.7 Å². The number of hydrogen-bond acceptors (Lipinski definition) is 14. The Balaban J connectivity index is 0.000000680. The van der Waals surface area contributed by atoms with E-state index >= 15 is 0 Å². The molecule has 0 spiro atoms. The summed E-state index contributed by atoms with van der Waals surface area (Å²) in [7, 11) is -0.631. The first-order valence-corrected chi connectivity index (χ1v) is 41.4. The summed E-state index contributed by atoms with van der Waals surface area (Å²) in [6, 6.07) is 56.7. The summed E-state index contributed by atoms with van der Waals surface area (Å²) < 4.78 is 27.0. The zero-order valence-corrected chi connectivity index (χ0v) is 68.2. The van der Waals surface area contributed by atoms with Crippen LogP contribution in [0.4, 0.5) is 0 Å². The topological polar surface area (TPSA) is 246 Å². The summed E-state index contributed by atoms with van der Waals surface area (Å²) in [5.74, 6) is -3.24. The van der Waals surface area contributed by atoms with Gasteiger partial charge in [0.05, 0.1) is 46.5 Å². The Morgan fingerprint density at radius 1 is 0.435 bits per heavy atom. The molecular formula is C89H136N3O15P. The summed E-state index contributed by atoms with van der Waals surface area (Å²) in [4.78, 5) is 53.8. The monoisotopic (exact) mass is 1520 g/mol. The first-order valence-electron chi connectivity index (χ1n) is 39.4. The van der Waals surface area contributed by atoms with Gasteiger partial charge in [0.25, 0.3) is 0 Å². The highest BCUT2D eigenvalue weighted by molar-refractivity contribution is 7.51. The number of benzene rings is 6. The number of nitrogens with zero attached hydrogens (tertiary/aromatic N) is 3. The zero-order valence-electron chi connectivity index (χ0n) is 67.3. The van der Waals surface area contributed by atoms with E-state index in [1.54, 1.807) is 14.2 Å². The molecule has 2 unspecified atom stereocenters. The Kier molecular flexibility index (Phi) is 56.4. The van der Waals surface area contributed by atoms with Gasteiger partial charge in [-0.2, -0.15) is 0 Å². The highest BCUT2D eigenvalue weighted by atomic mass is 31.2. The van der Waals surface area contributed by atoms with Gasteiger partial charge in [-0.25, -0.2) is 10.5 Å². The van der Waals surface area contributed by atoms with E-state index in [0.29, 0.717) is 0 Å². The molecular weight excluding hydrogens is 1380 g/mol. The van der Waals surface area contributed by atoms with Crippen molar-refractivity contribution in [3.63, 3.8) is 0 Å². The van der Waals surface area contributed by atoms with Crippen molar-refractivity contribution in [2.75, 3.05) is 66.8 Å². The lowest BCUT2D eigenvalue weighted by Crippen LogP contribution is -2.49. The van der Waals surface area contributed by atoms with Crippen LogP contribution in [0, 0.1) is 0 Å². The van der Waals surface area contributed by atoms with Crippen molar-refractivity contribution in [2.45, 2.75) is 233 Å². The predicted molar refractivity (Wildman–Crippen MR) is 442 cm³/mol. The number of unbranched alkanes of at least 4 members (excludes halogenated alkanes) is 18. The summed E-state index contributed by atoms with van der Waals surface area (Å²) in [6.45, 7) is 20.3. The molecule has 0 aliphatic heterocycles. The van der Waals surface area contributed by atoms with E-state index in [4.69, 9.17) is 34.7 Å². The summed E-state index contributed by atoms with van der Waals surface area (Å²) in [6.07, 6.45) is 36.6. The molecule has 0 aliphatic rings. The molecule has 6 aromatic carbocycles. The van der Waals surface area contributed by atoms with Gasteiger partial charge in [-0.3, -0.25) is 33.6 Å². The molecule has 19 heteroatoms. The van der Waals surface area contributed by atoms with Crippen molar-refractivity contribution >= 4 is 25.5 Å². The maximum absolute atomic E-state index is 11.6. The van der Waals surface area contributed by atoms with Crippen LogP contribution in [0.15, 0.2) is 189 Å². The third-order valence-corrected chi connectivity index (χ3v) is 18.9. The molecule has 0 heterocycles. The van der Waals surface area contributed by atoms with Crippen LogP contribution in [0.1, 0.15) is 230 Å². The molecule has 602 valence electrons. The van der Waals surface area contributed by atoms with Crippen molar-refractivity contribution < 1.29 is 73.4 Å². The number of hydrogen-bond donors (Lipinski definition) is 6. The van der Waals surface area contributed by atoms with Crippen LogP contribution in [-0.2, 0) is 57.9 Å². The van der Waals surface area contributed by atoms with E-state index in [9.17, 15) is 28.9 Å². The molecule has 6 aromatic rings. The first kappa shape index (κ1) is 98.2. The van der Waals surface area contributed by atoms with Gasteiger partial charge >= 0.3 is 25.5 Å². The quantitative estimate of drug-likeness (QED) is 0.00683. The second-order valence-corrected chi connectivity index (χ2v) is 29.4. The smallest absolute Gasteiger partial charge is 0.325 e. The van der Waals surface area contributed by atoms with E-state index in [0.717, 1.165) is 34.4 Å². The largest absolute Gasteiger partial charge is 0.497 e. The standard InChI is InChI=1S/C20H26O2.C17H28.C16H28N3O13P.C15H16.C12H18.C9H20/c1-5-6-15-20(2,16-7-11-18(21-3)12-8-16)17-9-13-19(22-4)14-10-17;1-2-3-4-5-6-7-8-9-11-14-17-15-12-10-13-16-17;1-11(31-26)19(12(2)32-27)13(10-30-33(3,28)29)6-17(7-14(20)21)4-5-18(8-15(22)23)9-16(24)25;1-2-6-13-9-11-15(12-10-13)14-7-4-3-5-8-14;1-2-3-4-6-9-12-10-7-5-8-11-12;1-3-5-7-9-8-6-4-2/h7-14H,5-6,15H2,1-4H3;10,12-13,15-16H,2-9,11,14H2,1H3;13,26-27H,1-2,4-10H2,3H3,(H,20,21)(H,22,23)(H,24,25)(H,28,29);3-5,7-12H,2,6H2,1H3;5,7-8,10-11H,2-4,6,9H2,1H3;3-9H2,1-2H3. The Hall–Kier alpha value is -7.80. The van der Waals surface area contributed by atoms with Gasteiger partial charge in [-0.15, -0.1) is 0 Å². The number of ether oxygens (including phenoxy) is 2. The third kappa shape index (κ3) is 47.2. The number of rotatable bonds is 50. The lowest BCUT2D eigenvalue weighted by atomic mass is 9.73. The van der Waals surface area contributed by atoms with Gasteiger partial charge in [0, 0.05) is 31.7 Å².